The molecular weight excluding hydrogens is 217 g/mol. The van der Waals surface area contributed by atoms with Crippen LogP contribution in [0.1, 0.15) is 39.9 Å². The molecule has 0 saturated carbocycles. The zero-order chi connectivity index (χ0) is 11.9. The van der Waals surface area contributed by atoms with Gasteiger partial charge in [-0.15, -0.1) is 0 Å². The quantitative estimate of drug-likeness (QED) is 0.663. The molecule has 0 heterocycles. The van der Waals surface area contributed by atoms with Crippen LogP contribution in [0.25, 0.3) is 0 Å². The lowest BCUT2D eigenvalue weighted by Gasteiger charge is -2.18. The molecule has 0 radical (unpaired) electrons. The third-order valence-electron chi connectivity index (χ3n) is 2.91. The number of fused-ring (bicyclic) bond motifs is 1. The van der Waals surface area contributed by atoms with Gasteiger partial charge in [0.2, 0.25) is 0 Å². The Bertz CT molecular complexity index is 446. The van der Waals surface area contributed by atoms with Crippen LogP contribution in [0.5, 0.6) is 0 Å². The standard InChI is InChI=1S/C12H11F3O/c1-7-5-9-8(3-2-4-11(9)16)6-10(7)12(13,14)15/h5-6H,2-4H2,1H3. The van der Waals surface area contributed by atoms with E-state index >= 15 is 0 Å². The number of alkyl halides is 3. The Morgan fingerprint density at radius 3 is 2.50 bits per heavy atom. The second-order valence-corrected chi connectivity index (χ2v) is 4.10. The molecule has 1 aliphatic rings. The Morgan fingerprint density at radius 2 is 1.88 bits per heavy atom. The van der Waals surface area contributed by atoms with E-state index in [1.54, 1.807) is 0 Å². The first kappa shape index (κ1) is 11.2. The van der Waals surface area contributed by atoms with E-state index in [0.29, 0.717) is 30.4 Å². The topological polar surface area (TPSA) is 17.1 Å². The molecule has 0 aromatic heterocycles. The molecule has 0 fully saturated rings. The molecule has 0 spiro atoms. The maximum absolute atomic E-state index is 12.6. The van der Waals surface area contributed by atoms with Gasteiger partial charge in [-0.05, 0) is 43.0 Å². The Kier molecular flexibility index (Phi) is 2.52. The van der Waals surface area contributed by atoms with E-state index in [0.717, 1.165) is 6.07 Å². The van der Waals surface area contributed by atoms with Gasteiger partial charge in [-0.2, -0.15) is 13.2 Å². The zero-order valence-corrected chi connectivity index (χ0v) is 8.82. The van der Waals surface area contributed by atoms with Gasteiger partial charge in [-0.25, -0.2) is 0 Å². The molecule has 1 nitrogen and oxygen atoms in total. The molecule has 1 aromatic rings. The number of hydrogen-bond acceptors (Lipinski definition) is 1. The molecule has 0 saturated heterocycles. The summed E-state index contributed by atoms with van der Waals surface area (Å²) >= 11 is 0. The minimum Gasteiger partial charge on any atom is -0.294 e. The third-order valence-corrected chi connectivity index (χ3v) is 2.91. The van der Waals surface area contributed by atoms with Crippen molar-refractivity contribution in [1.82, 2.24) is 0 Å². The number of carbonyl (C=O) groups is 1. The van der Waals surface area contributed by atoms with Crippen LogP contribution >= 0.6 is 0 Å². The van der Waals surface area contributed by atoms with Crippen molar-refractivity contribution in [2.45, 2.75) is 32.4 Å². The molecule has 1 aliphatic carbocycles. The van der Waals surface area contributed by atoms with Crippen LogP contribution < -0.4 is 0 Å². The number of benzene rings is 1. The number of Topliss-reactive ketones (excluding diaryl/α,β-unsaturated/α-hetero) is 1. The number of carbonyl (C=O) groups excluding carboxylic acids is 1. The molecule has 0 unspecified atom stereocenters. The van der Waals surface area contributed by atoms with E-state index in [2.05, 4.69) is 0 Å². The fourth-order valence-corrected chi connectivity index (χ4v) is 2.10. The molecular formula is C12H11F3O. The molecule has 16 heavy (non-hydrogen) atoms. The highest BCUT2D eigenvalue weighted by Crippen LogP contribution is 2.35. The van der Waals surface area contributed by atoms with Crippen LogP contribution in [0, 0.1) is 6.92 Å². The summed E-state index contributed by atoms with van der Waals surface area (Å²) in [6, 6.07) is 2.50. The number of halogens is 3. The fourth-order valence-electron chi connectivity index (χ4n) is 2.10. The van der Waals surface area contributed by atoms with Gasteiger partial charge in [-0.1, -0.05) is 0 Å². The highest BCUT2D eigenvalue weighted by atomic mass is 19.4. The third kappa shape index (κ3) is 1.84. The van der Waals surface area contributed by atoms with Crippen LogP contribution in [0.3, 0.4) is 0 Å². The van der Waals surface area contributed by atoms with Crippen molar-refractivity contribution < 1.29 is 18.0 Å². The molecule has 0 bridgehead atoms. The SMILES string of the molecule is Cc1cc2c(cc1C(F)(F)F)CCCC2=O. The van der Waals surface area contributed by atoms with Crippen molar-refractivity contribution in [2.75, 3.05) is 0 Å². The number of hydrogen-bond donors (Lipinski definition) is 0. The predicted octanol–water partition coefficient (Wildman–Crippen LogP) is 3.53. The van der Waals surface area contributed by atoms with Gasteiger partial charge in [0, 0.05) is 12.0 Å². The van der Waals surface area contributed by atoms with Crippen LogP contribution in [0.4, 0.5) is 13.2 Å². The van der Waals surface area contributed by atoms with Crippen molar-refractivity contribution in [1.29, 1.82) is 0 Å². The van der Waals surface area contributed by atoms with Gasteiger partial charge in [0.25, 0.3) is 0 Å². The largest absolute Gasteiger partial charge is 0.416 e. The highest BCUT2D eigenvalue weighted by molar-refractivity contribution is 5.98. The average Bonchev–Trinajstić information content (AvgIpc) is 2.17. The summed E-state index contributed by atoms with van der Waals surface area (Å²) in [7, 11) is 0. The maximum atomic E-state index is 12.6. The Balaban J connectivity index is 2.57. The normalized spacial score (nSPS) is 16.1. The van der Waals surface area contributed by atoms with Crippen molar-refractivity contribution in [3.63, 3.8) is 0 Å². The molecule has 2 rings (SSSR count). The number of rotatable bonds is 0. The first-order chi connectivity index (χ1) is 7.39. The number of aryl methyl sites for hydroxylation is 2. The Hall–Kier alpha value is -1.32. The van der Waals surface area contributed by atoms with E-state index in [-0.39, 0.29) is 11.3 Å². The fraction of sp³-hybridized carbons (Fsp3) is 0.417. The summed E-state index contributed by atoms with van der Waals surface area (Å²) in [5.41, 5.74) is 0.508. The van der Waals surface area contributed by atoms with E-state index in [1.165, 1.54) is 13.0 Å². The molecule has 0 amide bonds. The molecule has 0 atom stereocenters. The summed E-state index contributed by atoms with van der Waals surface area (Å²) in [5, 5.41) is 0. The summed E-state index contributed by atoms with van der Waals surface area (Å²) in [4.78, 5) is 11.5. The maximum Gasteiger partial charge on any atom is 0.416 e. The lowest BCUT2D eigenvalue weighted by atomic mass is 9.87. The lowest BCUT2D eigenvalue weighted by Crippen LogP contribution is -2.15. The van der Waals surface area contributed by atoms with E-state index < -0.39 is 11.7 Å². The van der Waals surface area contributed by atoms with Crippen molar-refractivity contribution in [2.24, 2.45) is 0 Å². The average molecular weight is 228 g/mol. The van der Waals surface area contributed by atoms with Gasteiger partial charge in [0.05, 0.1) is 5.56 Å². The molecule has 0 N–H and O–H groups in total. The monoisotopic (exact) mass is 228 g/mol. The smallest absolute Gasteiger partial charge is 0.294 e. The summed E-state index contributed by atoms with van der Waals surface area (Å²) in [6.45, 7) is 1.39. The van der Waals surface area contributed by atoms with Crippen LogP contribution in [0.2, 0.25) is 0 Å². The van der Waals surface area contributed by atoms with Gasteiger partial charge in [0.15, 0.2) is 5.78 Å². The molecule has 1 aromatic carbocycles. The van der Waals surface area contributed by atoms with Crippen molar-refractivity contribution >= 4 is 5.78 Å². The Morgan fingerprint density at radius 1 is 1.19 bits per heavy atom. The van der Waals surface area contributed by atoms with Crippen LogP contribution in [-0.2, 0) is 12.6 Å². The van der Waals surface area contributed by atoms with Gasteiger partial charge >= 0.3 is 6.18 Å². The predicted molar refractivity (Wildman–Crippen MR) is 53.4 cm³/mol. The number of ketones is 1. The minimum atomic E-state index is -4.33. The molecule has 86 valence electrons. The van der Waals surface area contributed by atoms with Crippen LogP contribution in [0.15, 0.2) is 12.1 Å². The van der Waals surface area contributed by atoms with E-state index in [1.807, 2.05) is 0 Å². The minimum absolute atomic E-state index is 0.0434. The van der Waals surface area contributed by atoms with Gasteiger partial charge < -0.3 is 0 Å². The highest BCUT2D eigenvalue weighted by Gasteiger charge is 2.34. The van der Waals surface area contributed by atoms with Gasteiger partial charge in [-0.3, -0.25) is 4.79 Å². The first-order valence-corrected chi connectivity index (χ1v) is 5.13. The Labute approximate surface area is 91.3 Å². The second kappa shape index (κ2) is 3.61. The lowest BCUT2D eigenvalue weighted by molar-refractivity contribution is -0.138. The summed E-state index contributed by atoms with van der Waals surface area (Å²) in [5.74, 6) is -0.0434. The summed E-state index contributed by atoms with van der Waals surface area (Å²) in [6.07, 6.45) is -2.69. The van der Waals surface area contributed by atoms with Crippen molar-refractivity contribution in [3.05, 3.63) is 34.4 Å². The molecule has 4 heteroatoms. The van der Waals surface area contributed by atoms with E-state index in [4.69, 9.17) is 0 Å². The first-order valence-electron chi connectivity index (χ1n) is 5.13. The van der Waals surface area contributed by atoms with Crippen molar-refractivity contribution in [3.8, 4) is 0 Å². The molecule has 0 aliphatic heterocycles. The van der Waals surface area contributed by atoms with Gasteiger partial charge in [0.1, 0.15) is 0 Å². The summed E-state index contributed by atoms with van der Waals surface area (Å²) < 4.78 is 37.9. The zero-order valence-electron chi connectivity index (χ0n) is 8.82. The van der Waals surface area contributed by atoms with E-state index in [9.17, 15) is 18.0 Å². The second-order valence-electron chi connectivity index (χ2n) is 4.10. The van der Waals surface area contributed by atoms with Crippen LogP contribution in [-0.4, -0.2) is 5.78 Å².